The zero-order chi connectivity index (χ0) is 11.3. The minimum absolute atomic E-state index is 0.0774. The number of hydrogen-bond acceptors (Lipinski definition) is 4. The molecule has 1 atom stereocenters. The number of aromatic nitrogens is 2. The molecule has 5 nitrogen and oxygen atoms in total. The van der Waals surface area contributed by atoms with Crippen molar-refractivity contribution in [3.8, 4) is 0 Å². The fourth-order valence-corrected chi connectivity index (χ4v) is 1.36. The molecule has 0 saturated heterocycles. The van der Waals surface area contributed by atoms with Crippen molar-refractivity contribution < 1.29 is 9.53 Å². The van der Waals surface area contributed by atoms with Gasteiger partial charge in [-0.1, -0.05) is 0 Å². The molecule has 1 heterocycles. The summed E-state index contributed by atoms with van der Waals surface area (Å²) in [6, 6.07) is 1.19. The van der Waals surface area contributed by atoms with Gasteiger partial charge in [-0.25, -0.2) is 0 Å². The Labute approximate surface area is 89.2 Å². The van der Waals surface area contributed by atoms with Gasteiger partial charge in [0.1, 0.15) is 5.69 Å². The standard InChI is InChI=1S/C10H17N3O2/c1-3-13-9(4-6-12-13)10(14)8(11)5-7-15-2/h4,6,8H,3,5,7,11H2,1-2H3. The Kier molecular flexibility index (Phi) is 4.45. The van der Waals surface area contributed by atoms with E-state index in [1.54, 1.807) is 24.1 Å². The van der Waals surface area contributed by atoms with E-state index < -0.39 is 6.04 Å². The van der Waals surface area contributed by atoms with E-state index in [0.29, 0.717) is 25.3 Å². The summed E-state index contributed by atoms with van der Waals surface area (Å²) in [5.41, 5.74) is 6.32. The molecule has 0 bridgehead atoms. The number of hydrogen-bond donors (Lipinski definition) is 1. The molecule has 0 aliphatic carbocycles. The van der Waals surface area contributed by atoms with Gasteiger partial charge in [0.2, 0.25) is 0 Å². The number of carbonyl (C=O) groups is 1. The first-order chi connectivity index (χ1) is 7.20. The summed E-state index contributed by atoms with van der Waals surface area (Å²) in [5, 5.41) is 4.03. The van der Waals surface area contributed by atoms with Crippen LogP contribution in [0.15, 0.2) is 12.3 Å². The topological polar surface area (TPSA) is 70.1 Å². The molecule has 0 aromatic carbocycles. The third-order valence-electron chi connectivity index (χ3n) is 2.24. The molecule has 1 aromatic heterocycles. The average Bonchev–Trinajstić information content (AvgIpc) is 2.72. The van der Waals surface area contributed by atoms with Crippen molar-refractivity contribution in [3.05, 3.63) is 18.0 Å². The van der Waals surface area contributed by atoms with E-state index in [-0.39, 0.29) is 5.78 Å². The van der Waals surface area contributed by atoms with Crippen LogP contribution in [0.2, 0.25) is 0 Å². The van der Waals surface area contributed by atoms with Crippen molar-refractivity contribution in [2.24, 2.45) is 5.73 Å². The van der Waals surface area contributed by atoms with E-state index in [9.17, 15) is 4.79 Å². The second kappa shape index (κ2) is 5.63. The van der Waals surface area contributed by atoms with Crippen molar-refractivity contribution in [1.82, 2.24) is 9.78 Å². The number of nitrogens with two attached hydrogens (primary N) is 1. The monoisotopic (exact) mass is 211 g/mol. The Morgan fingerprint density at radius 2 is 2.47 bits per heavy atom. The van der Waals surface area contributed by atoms with Crippen LogP contribution >= 0.6 is 0 Å². The van der Waals surface area contributed by atoms with Crippen LogP contribution in [0, 0.1) is 0 Å². The van der Waals surface area contributed by atoms with Crippen LogP contribution in [0.4, 0.5) is 0 Å². The Balaban J connectivity index is 2.67. The Bertz CT molecular complexity index is 322. The van der Waals surface area contributed by atoms with Gasteiger partial charge in [0.05, 0.1) is 6.04 Å². The minimum Gasteiger partial charge on any atom is -0.385 e. The quantitative estimate of drug-likeness (QED) is 0.693. The van der Waals surface area contributed by atoms with Crippen molar-refractivity contribution in [3.63, 3.8) is 0 Å². The molecule has 1 aromatic rings. The molecule has 0 aliphatic heterocycles. The predicted octanol–water partition coefficient (Wildman–Crippen LogP) is 0.449. The first-order valence-corrected chi connectivity index (χ1v) is 5.01. The summed E-state index contributed by atoms with van der Waals surface area (Å²) in [5.74, 6) is -0.0774. The van der Waals surface area contributed by atoms with Gasteiger partial charge in [0, 0.05) is 26.5 Å². The molecule has 5 heteroatoms. The molecule has 1 unspecified atom stereocenters. The van der Waals surface area contributed by atoms with Gasteiger partial charge in [0.25, 0.3) is 0 Å². The number of carbonyl (C=O) groups excluding carboxylic acids is 1. The molecule has 0 amide bonds. The molecule has 0 spiro atoms. The summed E-state index contributed by atoms with van der Waals surface area (Å²) in [7, 11) is 1.59. The lowest BCUT2D eigenvalue weighted by Gasteiger charge is -2.10. The molecule has 2 N–H and O–H groups in total. The van der Waals surface area contributed by atoms with Gasteiger partial charge >= 0.3 is 0 Å². The SMILES string of the molecule is CCn1nccc1C(=O)C(N)CCOC. The fourth-order valence-electron chi connectivity index (χ4n) is 1.36. The summed E-state index contributed by atoms with van der Waals surface area (Å²) in [6.07, 6.45) is 2.14. The Morgan fingerprint density at radius 3 is 3.07 bits per heavy atom. The van der Waals surface area contributed by atoms with Crippen LogP contribution in [0.25, 0.3) is 0 Å². The number of methoxy groups -OCH3 is 1. The van der Waals surface area contributed by atoms with E-state index in [2.05, 4.69) is 5.10 Å². The molecule has 0 fully saturated rings. The van der Waals surface area contributed by atoms with Crippen molar-refractivity contribution in [1.29, 1.82) is 0 Å². The number of ether oxygens (including phenoxy) is 1. The van der Waals surface area contributed by atoms with Crippen LogP contribution in [0.1, 0.15) is 23.8 Å². The highest BCUT2D eigenvalue weighted by Crippen LogP contribution is 2.04. The fraction of sp³-hybridized carbons (Fsp3) is 0.600. The summed E-state index contributed by atoms with van der Waals surface area (Å²) < 4.78 is 6.53. The third-order valence-corrected chi connectivity index (χ3v) is 2.24. The van der Waals surface area contributed by atoms with Crippen LogP contribution in [-0.2, 0) is 11.3 Å². The lowest BCUT2D eigenvalue weighted by atomic mass is 10.1. The lowest BCUT2D eigenvalue weighted by Crippen LogP contribution is -2.33. The van der Waals surface area contributed by atoms with Gasteiger partial charge in [-0.2, -0.15) is 5.10 Å². The van der Waals surface area contributed by atoms with E-state index in [1.165, 1.54) is 0 Å². The smallest absolute Gasteiger partial charge is 0.197 e. The molecular weight excluding hydrogens is 194 g/mol. The van der Waals surface area contributed by atoms with Crippen LogP contribution < -0.4 is 5.73 Å². The molecule has 0 aliphatic rings. The highest BCUT2D eigenvalue weighted by Gasteiger charge is 2.18. The van der Waals surface area contributed by atoms with E-state index in [0.717, 1.165) is 0 Å². The summed E-state index contributed by atoms with van der Waals surface area (Å²) in [4.78, 5) is 11.8. The summed E-state index contributed by atoms with van der Waals surface area (Å²) >= 11 is 0. The van der Waals surface area contributed by atoms with Gasteiger partial charge in [0.15, 0.2) is 5.78 Å². The normalized spacial score (nSPS) is 12.7. The van der Waals surface area contributed by atoms with E-state index >= 15 is 0 Å². The minimum atomic E-state index is -0.507. The second-order valence-corrected chi connectivity index (χ2v) is 3.28. The zero-order valence-electron chi connectivity index (χ0n) is 9.14. The van der Waals surface area contributed by atoms with Gasteiger partial charge in [-0.05, 0) is 19.4 Å². The van der Waals surface area contributed by atoms with Gasteiger partial charge in [-0.3, -0.25) is 9.48 Å². The maximum absolute atomic E-state index is 11.8. The van der Waals surface area contributed by atoms with E-state index in [1.807, 2.05) is 6.92 Å². The van der Waals surface area contributed by atoms with Crippen LogP contribution in [0.3, 0.4) is 0 Å². The predicted molar refractivity (Wildman–Crippen MR) is 56.7 cm³/mol. The first-order valence-electron chi connectivity index (χ1n) is 5.01. The van der Waals surface area contributed by atoms with Gasteiger partial charge < -0.3 is 10.5 Å². The molecule has 0 radical (unpaired) electrons. The molecule has 1 rings (SSSR count). The maximum Gasteiger partial charge on any atom is 0.197 e. The van der Waals surface area contributed by atoms with Gasteiger partial charge in [-0.15, -0.1) is 0 Å². The van der Waals surface area contributed by atoms with Crippen LogP contribution in [0.5, 0.6) is 0 Å². The highest BCUT2D eigenvalue weighted by molar-refractivity contribution is 5.98. The number of nitrogens with zero attached hydrogens (tertiary/aromatic N) is 2. The lowest BCUT2D eigenvalue weighted by molar-refractivity contribution is 0.0925. The number of rotatable bonds is 6. The molecular formula is C10H17N3O2. The van der Waals surface area contributed by atoms with Crippen molar-refractivity contribution >= 4 is 5.78 Å². The number of ketones is 1. The van der Waals surface area contributed by atoms with Crippen LogP contribution in [-0.4, -0.2) is 35.3 Å². The highest BCUT2D eigenvalue weighted by atomic mass is 16.5. The third kappa shape index (κ3) is 2.87. The molecule has 15 heavy (non-hydrogen) atoms. The number of aryl methyl sites for hydroxylation is 1. The number of Topliss-reactive ketones (excluding diaryl/α,β-unsaturated/α-hetero) is 1. The average molecular weight is 211 g/mol. The first kappa shape index (κ1) is 11.9. The molecule has 0 saturated carbocycles. The largest absolute Gasteiger partial charge is 0.385 e. The maximum atomic E-state index is 11.8. The second-order valence-electron chi connectivity index (χ2n) is 3.28. The summed E-state index contributed by atoms with van der Waals surface area (Å²) in [6.45, 7) is 3.10. The zero-order valence-corrected chi connectivity index (χ0v) is 9.14. The van der Waals surface area contributed by atoms with Crippen molar-refractivity contribution in [2.45, 2.75) is 25.9 Å². The Hall–Kier alpha value is -1.20. The Morgan fingerprint density at radius 1 is 1.73 bits per heavy atom. The molecule has 84 valence electrons. The van der Waals surface area contributed by atoms with Crippen molar-refractivity contribution in [2.75, 3.05) is 13.7 Å². The van der Waals surface area contributed by atoms with E-state index in [4.69, 9.17) is 10.5 Å².